The van der Waals surface area contributed by atoms with Gasteiger partial charge in [-0.2, -0.15) is 0 Å². The van der Waals surface area contributed by atoms with Gasteiger partial charge in [-0.05, 0) is 19.3 Å². The molecule has 2 aliphatic rings. The average Bonchev–Trinajstić information content (AvgIpc) is 2.57. The molecule has 2 fully saturated rings. The fourth-order valence-electron chi connectivity index (χ4n) is 2.64. The summed E-state index contributed by atoms with van der Waals surface area (Å²) < 4.78 is 5.45. The molecule has 0 aromatic heterocycles. The summed E-state index contributed by atoms with van der Waals surface area (Å²) in [6.07, 6.45) is 3.22. The van der Waals surface area contributed by atoms with Crippen molar-refractivity contribution in [3.05, 3.63) is 0 Å². The highest BCUT2D eigenvalue weighted by Crippen LogP contribution is 2.18. The first-order valence-electron chi connectivity index (χ1n) is 6.12. The predicted molar refractivity (Wildman–Crippen MR) is 61.0 cm³/mol. The SMILES string of the molecule is NC(=O)C1CNCCN1C1CCCOCC1. The summed E-state index contributed by atoms with van der Waals surface area (Å²) in [4.78, 5) is 13.7. The van der Waals surface area contributed by atoms with Crippen LogP contribution in [0.2, 0.25) is 0 Å². The van der Waals surface area contributed by atoms with Crippen LogP contribution in [0.1, 0.15) is 19.3 Å². The fraction of sp³-hybridized carbons (Fsp3) is 0.909. The summed E-state index contributed by atoms with van der Waals surface area (Å²) in [6.45, 7) is 4.20. The Hall–Kier alpha value is -0.650. The maximum atomic E-state index is 11.4. The van der Waals surface area contributed by atoms with Crippen molar-refractivity contribution in [2.24, 2.45) is 5.73 Å². The molecule has 3 N–H and O–H groups in total. The van der Waals surface area contributed by atoms with Crippen LogP contribution in [0, 0.1) is 0 Å². The van der Waals surface area contributed by atoms with Gasteiger partial charge in [0.05, 0.1) is 0 Å². The molecule has 0 radical (unpaired) electrons. The summed E-state index contributed by atoms with van der Waals surface area (Å²) in [5.74, 6) is -0.211. The van der Waals surface area contributed by atoms with E-state index in [0.29, 0.717) is 12.6 Å². The minimum Gasteiger partial charge on any atom is -0.381 e. The largest absolute Gasteiger partial charge is 0.381 e. The molecule has 2 atom stereocenters. The Balaban J connectivity index is 2.00. The van der Waals surface area contributed by atoms with E-state index in [1.165, 1.54) is 0 Å². The van der Waals surface area contributed by atoms with Crippen LogP contribution in [0.3, 0.4) is 0 Å². The highest BCUT2D eigenvalue weighted by molar-refractivity contribution is 5.80. The number of nitrogens with zero attached hydrogens (tertiary/aromatic N) is 1. The standard InChI is InChI=1S/C11H21N3O2/c12-11(15)10-8-13-4-5-14(10)9-2-1-6-16-7-3-9/h9-10,13H,1-8H2,(H2,12,15). The second kappa shape index (κ2) is 5.61. The lowest BCUT2D eigenvalue weighted by atomic mass is 10.0. The quantitative estimate of drug-likeness (QED) is 0.655. The van der Waals surface area contributed by atoms with Gasteiger partial charge in [-0.1, -0.05) is 0 Å². The molecule has 2 saturated heterocycles. The van der Waals surface area contributed by atoms with Crippen molar-refractivity contribution >= 4 is 5.91 Å². The Morgan fingerprint density at radius 3 is 3.06 bits per heavy atom. The Bertz CT molecular complexity index is 239. The molecule has 16 heavy (non-hydrogen) atoms. The van der Waals surface area contributed by atoms with Crippen LogP contribution in [0.4, 0.5) is 0 Å². The smallest absolute Gasteiger partial charge is 0.236 e. The molecule has 2 rings (SSSR count). The molecule has 1 amide bonds. The molecule has 92 valence electrons. The first kappa shape index (κ1) is 11.8. The number of carbonyl (C=O) groups is 1. The number of primary amides is 1. The lowest BCUT2D eigenvalue weighted by molar-refractivity contribution is -0.125. The van der Waals surface area contributed by atoms with Crippen LogP contribution < -0.4 is 11.1 Å². The Kier molecular flexibility index (Phi) is 4.15. The third kappa shape index (κ3) is 2.72. The zero-order valence-electron chi connectivity index (χ0n) is 9.65. The summed E-state index contributed by atoms with van der Waals surface area (Å²) in [5, 5.41) is 3.23. The van der Waals surface area contributed by atoms with Gasteiger partial charge in [-0.25, -0.2) is 0 Å². The maximum Gasteiger partial charge on any atom is 0.236 e. The maximum absolute atomic E-state index is 11.4. The molecule has 0 aliphatic carbocycles. The number of carbonyl (C=O) groups excluding carboxylic acids is 1. The molecule has 0 saturated carbocycles. The zero-order chi connectivity index (χ0) is 11.4. The van der Waals surface area contributed by atoms with E-state index < -0.39 is 0 Å². The van der Waals surface area contributed by atoms with Crippen molar-refractivity contribution in [2.45, 2.75) is 31.3 Å². The molecular weight excluding hydrogens is 206 g/mol. The monoisotopic (exact) mass is 227 g/mol. The van der Waals surface area contributed by atoms with Gasteiger partial charge in [-0.3, -0.25) is 9.69 Å². The number of hydrogen-bond acceptors (Lipinski definition) is 4. The van der Waals surface area contributed by atoms with Gasteiger partial charge in [0.1, 0.15) is 6.04 Å². The van der Waals surface area contributed by atoms with Gasteiger partial charge >= 0.3 is 0 Å². The first-order chi connectivity index (χ1) is 7.79. The van der Waals surface area contributed by atoms with E-state index in [2.05, 4.69) is 10.2 Å². The zero-order valence-corrected chi connectivity index (χ0v) is 9.65. The molecule has 0 aromatic carbocycles. The van der Waals surface area contributed by atoms with Gasteiger partial charge in [-0.15, -0.1) is 0 Å². The molecule has 5 heteroatoms. The van der Waals surface area contributed by atoms with Crippen molar-refractivity contribution in [3.8, 4) is 0 Å². The van der Waals surface area contributed by atoms with Gasteiger partial charge in [0.2, 0.25) is 5.91 Å². The van der Waals surface area contributed by atoms with E-state index in [4.69, 9.17) is 10.5 Å². The van der Waals surface area contributed by atoms with E-state index in [1.54, 1.807) is 0 Å². The minimum absolute atomic E-state index is 0.142. The van der Waals surface area contributed by atoms with Crippen molar-refractivity contribution in [1.82, 2.24) is 10.2 Å². The van der Waals surface area contributed by atoms with Crippen LogP contribution in [-0.2, 0) is 9.53 Å². The molecule has 2 heterocycles. The van der Waals surface area contributed by atoms with Crippen molar-refractivity contribution in [1.29, 1.82) is 0 Å². The van der Waals surface area contributed by atoms with Gasteiger partial charge < -0.3 is 15.8 Å². The van der Waals surface area contributed by atoms with E-state index in [1.807, 2.05) is 0 Å². The van der Waals surface area contributed by atoms with Gasteiger partial charge in [0, 0.05) is 38.9 Å². The molecule has 2 unspecified atom stereocenters. The van der Waals surface area contributed by atoms with Crippen LogP contribution in [0.25, 0.3) is 0 Å². The molecule has 0 spiro atoms. The molecular formula is C11H21N3O2. The topological polar surface area (TPSA) is 67.6 Å². The predicted octanol–water partition coefficient (Wildman–Crippen LogP) is -0.685. The van der Waals surface area contributed by atoms with E-state index in [9.17, 15) is 4.79 Å². The Morgan fingerprint density at radius 1 is 1.38 bits per heavy atom. The van der Waals surface area contributed by atoms with Gasteiger partial charge in [0.25, 0.3) is 0 Å². The molecule has 0 aromatic rings. The summed E-state index contributed by atoms with van der Waals surface area (Å²) in [7, 11) is 0. The van der Waals surface area contributed by atoms with Crippen LogP contribution in [0.5, 0.6) is 0 Å². The summed E-state index contributed by atoms with van der Waals surface area (Å²) in [5.41, 5.74) is 5.45. The number of hydrogen-bond donors (Lipinski definition) is 2. The molecule has 0 bridgehead atoms. The second-order valence-electron chi connectivity index (χ2n) is 4.56. The fourth-order valence-corrected chi connectivity index (χ4v) is 2.64. The van der Waals surface area contributed by atoms with Crippen molar-refractivity contribution in [3.63, 3.8) is 0 Å². The second-order valence-corrected chi connectivity index (χ2v) is 4.56. The van der Waals surface area contributed by atoms with E-state index in [0.717, 1.165) is 45.6 Å². The van der Waals surface area contributed by atoms with Crippen LogP contribution in [0.15, 0.2) is 0 Å². The lowest BCUT2D eigenvalue weighted by Gasteiger charge is -2.39. The lowest BCUT2D eigenvalue weighted by Crippen LogP contribution is -2.60. The number of rotatable bonds is 2. The molecule has 5 nitrogen and oxygen atoms in total. The Morgan fingerprint density at radius 2 is 2.25 bits per heavy atom. The van der Waals surface area contributed by atoms with E-state index in [-0.39, 0.29) is 11.9 Å². The third-order valence-electron chi connectivity index (χ3n) is 3.50. The van der Waals surface area contributed by atoms with Crippen LogP contribution in [-0.4, -0.2) is 55.7 Å². The number of piperazine rings is 1. The highest BCUT2D eigenvalue weighted by atomic mass is 16.5. The number of nitrogens with two attached hydrogens (primary N) is 1. The average molecular weight is 227 g/mol. The van der Waals surface area contributed by atoms with E-state index >= 15 is 0 Å². The first-order valence-corrected chi connectivity index (χ1v) is 6.12. The normalized spacial score (nSPS) is 33.2. The molecule has 2 aliphatic heterocycles. The van der Waals surface area contributed by atoms with Gasteiger partial charge in [0.15, 0.2) is 0 Å². The van der Waals surface area contributed by atoms with Crippen molar-refractivity contribution < 1.29 is 9.53 Å². The Labute approximate surface area is 96.3 Å². The van der Waals surface area contributed by atoms with Crippen LogP contribution >= 0.6 is 0 Å². The third-order valence-corrected chi connectivity index (χ3v) is 3.50. The van der Waals surface area contributed by atoms with Crippen molar-refractivity contribution in [2.75, 3.05) is 32.8 Å². The minimum atomic E-state index is -0.211. The highest BCUT2D eigenvalue weighted by Gasteiger charge is 2.32. The number of nitrogens with one attached hydrogen (secondary N) is 1. The summed E-state index contributed by atoms with van der Waals surface area (Å²) in [6, 6.07) is 0.318. The summed E-state index contributed by atoms with van der Waals surface area (Å²) >= 11 is 0. The number of ether oxygens (including phenoxy) is 1. The number of amides is 1.